The van der Waals surface area contributed by atoms with E-state index in [1.807, 2.05) is 0 Å². The van der Waals surface area contributed by atoms with E-state index < -0.39 is 10.7 Å². The van der Waals surface area contributed by atoms with Crippen molar-refractivity contribution in [3.05, 3.63) is 74.8 Å². The number of H-pyrrole nitrogens is 1. The monoisotopic (exact) mass is 343 g/mol. The lowest BCUT2D eigenvalue weighted by molar-refractivity contribution is -0.384. The highest BCUT2D eigenvalue weighted by atomic mass is 32.1. The average Bonchev–Trinajstić information content (AvgIpc) is 2.94. The van der Waals surface area contributed by atoms with Crippen molar-refractivity contribution >= 4 is 24.1 Å². The van der Waals surface area contributed by atoms with Crippen LogP contribution < -0.4 is 0 Å². The maximum atomic E-state index is 13.9. The molecule has 0 radical (unpaired) electrons. The Hall–Kier alpha value is -3.20. The standard InChI is InChI=1S/C15H10FN5O2S/c16-13-7-2-1-6-12(13)14-18-19-15(24)20(14)17-9-10-4-3-5-11(8-10)21(22)23/h1-9H,(H,19,24)/b17-9-. The number of rotatable bonds is 4. The van der Waals surface area contributed by atoms with Crippen molar-refractivity contribution in [2.45, 2.75) is 0 Å². The molecular weight excluding hydrogens is 333 g/mol. The van der Waals surface area contributed by atoms with Gasteiger partial charge in [-0.1, -0.05) is 24.3 Å². The van der Waals surface area contributed by atoms with Crippen molar-refractivity contribution in [1.29, 1.82) is 0 Å². The highest BCUT2D eigenvalue weighted by Crippen LogP contribution is 2.20. The summed E-state index contributed by atoms with van der Waals surface area (Å²) < 4.78 is 15.4. The zero-order valence-electron chi connectivity index (χ0n) is 12.1. The van der Waals surface area contributed by atoms with Gasteiger partial charge >= 0.3 is 0 Å². The van der Waals surface area contributed by atoms with E-state index in [2.05, 4.69) is 15.3 Å². The van der Waals surface area contributed by atoms with E-state index in [0.29, 0.717) is 5.56 Å². The van der Waals surface area contributed by atoms with Crippen molar-refractivity contribution in [3.63, 3.8) is 0 Å². The Kier molecular flexibility index (Phi) is 4.25. The largest absolute Gasteiger partial charge is 0.270 e. The number of nitro benzene ring substituents is 1. The second-order valence-corrected chi connectivity index (χ2v) is 5.13. The average molecular weight is 343 g/mol. The van der Waals surface area contributed by atoms with Crippen molar-refractivity contribution in [2.24, 2.45) is 5.10 Å². The first-order chi connectivity index (χ1) is 11.6. The number of aromatic amines is 1. The molecule has 3 aromatic rings. The number of aromatic nitrogens is 3. The SMILES string of the molecule is O=[N+]([O-])c1cccc(/C=N\n2c(-c3ccccc3F)n[nH]c2=S)c1. The molecule has 2 aromatic carbocycles. The molecule has 0 bridgehead atoms. The molecule has 0 amide bonds. The molecule has 0 atom stereocenters. The number of halogens is 1. The molecule has 0 saturated heterocycles. The maximum absolute atomic E-state index is 13.9. The van der Waals surface area contributed by atoms with Crippen LogP contribution in [0.5, 0.6) is 0 Å². The molecule has 0 unspecified atom stereocenters. The Labute approximate surface area is 140 Å². The number of nitrogens with one attached hydrogen (secondary N) is 1. The molecule has 0 aliphatic carbocycles. The topological polar surface area (TPSA) is 89.1 Å². The summed E-state index contributed by atoms with van der Waals surface area (Å²) in [6.07, 6.45) is 1.39. The lowest BCUT2D eigenvalue weighted by atomic mass is 10.2. The van der Waals surface area contributed by atoms with Crippen LogP contribution in [-0.4, -0.2) is 26.0 Å². The van der Waals surface area contributed by atoms with Crippen LogP contribution in [0.3, 0.4) is 0 Å². The van der Waals surface area contributed by atoms with E-state index in [1.54, 1.807) is 30.3 Å². The van der Waals surface area contributed by atoms with Crippen LogP contribution in [-0.2, 0) is 0 Å². The van der Waals surface area contributed by atoms with Gasteiger partial charge in [0.05, 0.1) is 16.7 Å². The van der Waals surface area contributed by atoms with E-state index >= 15 is 0 Å². The summed E-state index contributed by atoms with van der Waals surface area (Å²) >= 11 is 5.10. The Bertz CT molecular complexity index is 995. The molecule has 3 rings (SSSR count). The molecule has 0 spiro atoms. The molecule has 0 aliphatic heterocycles. The van der Waals surface area contributed by atoms with Gasteiger partial charge in [0.15, 0.2) is 5.82 Å². The number of hydrogen-bond acceptors (Lipinski definition) is 5. The minimum absolute atomic E-state index is 0.0518. The van der Waals surface area contributed by atoms with Gasteiger partial charge in [0, 0.05) is 17.7 Å². The van der Waals surface area contributed by atoms with E-state index in [4.69, 9.17) is 12.2 Å². The van der Waals surface area contributed by atoms with Gasteiger partial charge in [-0.2, -0.15) is 14.9 Å². The van der Waals surface area contributed by atoms with Crippen LogP contribution in [0.1, 0.15) is 5.56 Å². The maximum Gasteiger partial charge on any atom is 0.270 e. The third kappa shape index (κ3) is 3.10. The second-order valence-electron chi connectivity index (χ2n) is 4.74. The smallest absolute Gasteiger partial charge is 0.258 e. The number of hydrogen-bond donors (Lipinski definition) is 1. The molecule has 0 saturated carbocycles. The van der Waals surface area contributed by atoms with E-state index in [1.165, 1.54) is 29.1 Å². The van der Waals surface area contributed by atoms with Crippen LogP contribution in [0.25, 0.3) is 11.4 Å². The first-order valence-corrected chi connectivity index (χ1v) is 7.18. The van der Waals surface area contributed by atoms with Crippen LogP contribution in [0.4, 0.5) is 10.1 Å². The lowest BCUT2D eigenvalue weighted by Gasteiger charge is -2.02. The van der Waals surface area contributed by atoms with Gasteiger partial charge in [0.25, 0.3) is 5.69 Å². The highest BCUT2D eigenvalue weighted by molar-refractivity contribution is 7.71. The number of benzene rings is 2. The third-order valence-corrected chi connectivity index (χ3v) is 3.43. The molecule has 120 valence electrons. The molecule has 0 fully saturated rings. The third-order valence-electron chi connectivity index (χ3n) is 3.17. The fourth-order valence-electron chi connectivity index (χ4n) is 2.06. The van der Waals surface area contributed by atoms with Crippen LogP contribution >= 0.6 is 12.2 Å². The molecule has 1 heterocycles. The summed E-state index contributed by atoms with van der Waals surface area (Å²) in [6.45, 7) is 0. The Balaban J connectivity index is 2.01. The van der Waals surface area contributed by atoms with Crippen molar-refractivity contribution < 1.29 is 9.31 Å². The predicted molar refractivity (Wildman–Crippen MR) is 88.9 cm³/mol. The van der Waals surface area contributed by atoms with Crippen LogP contribution in [0.2, 0.25) is 0 Å². The molecule has 0 aliphatic rings. The van der Waals surface area contributed by atoms with Crippen molar-refractivity contribution in [2.75, 3.05) is 0 Å². The normalized spacial score (nSPS) is 11.0. The first-order valence-electron chi connectivity index (χ1n) is 6.77. The minimum atomic E-state index is -0.494. The highest BCUT2D eigenvalue weighted by Gasteiger charge is 2.12. The van der Waals surface area contributed by atoms with Crippen LogP contribution in [0.15, 0.2) is 53.6 Å². The van der Waals surface area contributed by atoms with Gasteiger partial charge in [-0.3, -0.25) is 10.1 Å². The molecule has 24 heavy (non-hydrogen) atoms. The zero-order chi connectivity index (χ0) is 17.1. The number of non-ortho nitro benzene ring substituents is 1. The molecular formula is C15H10FN5O2S. The molecule has 9 heteroatoms. The summed E-state index contributed by atoms with van der Waals surface area (Å²) in [5, 5.41) is 21.5. The van der Waals surface area contributed by atoms with Gasteiger partial charge in [0.1, 0.15) is 5.82 Å². The summed E-state index contributed by atoms with van der Waals surface area (Å²) in [5.41, 5.74) is 0.692. The van der Waals surface area contributed by atoms with Crippen molar-refractivity contribution in [3.8, 4) is 11.4 Å². The van der Waals surface area contributed by atoms with E-state index in [-0.39, 0.29) is 21.8 Å². The van der Waals surface area contributed by atoms with Crippen LogP contribution in [0, 0.1) is 20.7 Å². The molecule has 7 nitrogen and oxygen atoms in total. The Morgan fingerprint density at radius 2 is 2.08 bits per heavy atom. The number of nitro groups is 1. The van der Waals surface area contributed by atoms with E-state index in [9.17, 15) is 14.5 Å². The number of nitrogens with zero attached hydrogens (tertiary/aromatic N) is 4. The molecule has 1 aromatic heterocycles. The summed E-state index contributed by atoms with van der Waals surface area (Å²) in [5.74, 6) is -0.252. The first kappa shape index (κ1) is 15.7. The summed E-state index contributed by atoms with van der Waals surface area (Å²) in [4.78, 5) is 10.3. The minimum Gasteiger partial charge on any atom is -0.258 e. The molecule has 1 N–H and O–H groups in total. The van der Waals surface area contributed by atoms with Gasteiger partial charge in [-0.15, -0.1) is 0 Å². The lowest BCUT2D eigenvalue weighted by Crippen LogP contribution is -1.97. The second kappa shape index (κ2) is 6.50. The summed E-state index contributed by atoms with van der Waals surface area (Å²) in [6, 6.07) is 12.1. The summed E-state index contributed by atoms with van der Waals surface area (Å²) in [7, 11) is 0. The fourth-order valence-corrected chi connectivity index (χ4v) is 2.24. The Morgan fingerprint density at radius 1 is 1.29 bits per heavy atom. The zero-order valence-corrected chi connectivity index (χ0v) is 12.9. The van der Waals surface area contributed by atoms with Gasteiger partial charge in [-0.25, -0.2) is 9.49 Å². The van der Waals surface area contributed by atoms with Crippen molar-refractivity contribution in [1.82, 2.24) is 14.9 Å². The van der Waals surface area contributed by atoms with Gasteiger partial charge in [-0.05, 0) is 24.4 Å². The fraction of sp³-hybridized carbons (Fsp3) is 0. The predicted octanol–water partition coefficient (Wildman–Crippen LogP) is 3.54. The van der Waals surface area contributed by atoms with Gasteiger partial charge < -0.3 is 0 Å². The Morgan fingerprint density at radius 3 is 2.83 bits per heavy atom. The quantitative estimate of drug-likeness (QED) is 0.340. The van der Waals surface area contributed by atoms with Gasteiger partial charge in [0.2, 0.25) is 4.77 Å². The van der Waals surface area contributed by atoms with E-state index in [0.717, 1.165) is 0 Å².